The van der Waals surface area contributed by atoms with Crippen LogP contribution >= 0.6 is 0 Å². The largest absolute Gasteiger partial charge is 0.369 e. The standard InChI is InChI=1S/C15H24N4O/c1-3-15(7-5-6-8-15)11-18-14(20)12-9-16-10-13(19-12)17-4-2/h9-10H,3-8,11H2,1-2H3,(H,17,19)(H,18,20). The summed E-state index contributed by atoms with van der Waals surface area (Å²) in [6.45, 7) is 5.71. The molecule has 5 heteroatoms. The number of rotatable bonds is 6. The van der Waals surface area contributed by atoms with Crippen molar-refractivity contribution >= 4 is 11.7 Å². The van der Waals surface area contributed by atoms with E-state index >= 15 is 0 Å². The van der Waals surface area contributed by atoms with E-state index in [1.54, 1.807) is 6.20 Å². The maximum Gasteiger partial charge on any atom is 0.271 e. The Balaban J connectivity index is 1.96. The van der Waals surface area contributed by atoms with Crippen molar-refractivity contribution in [2.24, 2.45) is 5.41 Å². The van der Waals surface area contributed by atoms with Crippen molar-refractivity contribution in [1.29, 1.82) is 0 Å². The van der Waals surface area contributed by atoms with Crippen LogP contribution in [-0.2, 0) is 0 Å². The second-order valence-electron chi connectivity index (χ2n) is 5.56. The van der Waals surface area contributed by atoms with Gasteiger partial charge in [-0.05, 0) is 31.6 Å². The third-order valence-corrected chi connectivity index (χ3v) is 4.26. The van der Waals surface area contributed by atoms with E-state index in [1.165, 1.54) is 31.9 Å². The molecule has 1 amide bonds. The number of hydrogen-bond donors (Lipinski definition) is 2. The molecule has 1 fully saturated rings. The molecule has 1 heterocycles. The van der Waals surface area contributed by atoms with Gasteiger partial charge in [-0.15, -0.1) is 0 Å². The van der Waals surface area contributed by atoms with Gasteiger partial charge in [-0.1, -0.05) is 19.8 Å². The van der Waals surface area contributed by atoms with E-state index in [2.05, 4.69) is 27.5 Å². The summed E-state index contributed by atoms with van der Waals surface area (Å²) in [6.07, 6.45) is 9.25. The summed E-state index contributed by atoms with van der Waals surface area (Å²) >= 11 is 0. The SMILES string of the molecule is CCNc1cncc(C(=O)NCC2(CC)CCCC2)n1. The monoisotopic (exact) mass is 276 g/mol. The molecule has 5 nitrogen and oxygen atoms in total. The van der Waals surface area contributed by atoms with Crippen molar-refractivity contribution in [1.82, 2.24) is 15.3 Å². The minimum Gasteiger partial charge on any atom is -0.369 e. The smallest absolute Gasteiger partial charge is 0.271 e. The average Bonchev–Trinajstić information content (AvgIpc) is 2.95. The van der Waals surface area contributed by atoms with E-state index in [9.17, 15) is 4.79 Å². The molecule has 1 aliphatic rings. The number of aromatic nitrogens is 2. The van der Waals surface area contributed by atoms with Crippen molar-refractivity contribution in [2.75, 3.05) is 18.4 Å². The number of nitrogens with one attached hydrogen (secondary N) is 2. The van der Waals surface area contributed by atoms with Gasteiger partial charge in [0.2, 0.25) is 0 Å². The number of nitrogens with zero attached hydrogens (tertiary/aromatic N) is 2. The van der Waals surface area contributed by atoms with Crippen molar-refractivity contribution in [3.05, 3.63) is 18.1 Å². The minimum absolute atomic E-state index is 0.128. The lowest BCUT2D eigenvalue weighted by atomic mass is 9.83. The van der Waals surface area contributed by atoms with Crippen LogP contribution in [0.5, 0.6) is 0 Å². The fourth-order valence-electron chi connectivity index (χ4n) is 2.88. The maximum absolute atomic E-state index is 12.2. The highest BCUT2D eigenvalue weighted by molar-refractivity contribution is 5.92. The molecule has 0 aromatic carbocycles. The van der Waals surface area contributed by atoms with E-state index in [4.69, 9.17) is 0 Å². The molecule has 1 aromatic heterocycles. The fourth-order valence-corrected chi connectivity index (χ4v) is 2.88. The summed E-state index contributed by atoms with van der Waals surface area (Å²) in [4.78, 5) is 20.5. The van der Waals surface area contributed by atoms with Gasteiger partial charge in [0.25, 0.3) is 5.91 Å². The van der Waals surface area contributed by atoms with Crippen molar-refractivity contribution < 1.29 is 4.79 Å². The highest BCUT2D eigenvalue weighted by atomic mass is 16.1. The quantitative estimate of drug-likeness (QED) is 0.838. The molecule has 0 saturated heterocycles. The van der Waals surface area contributed by atoms with Crippen LogP contribution in [0, 0.1) is 5.41 Å². The Morgan fingerprint density at radius 2 is 2.05 bits per heavy atom. The molecule has 1 saturated carbocycles. The molecule has 0 atom stereocenters. The summed E-state index contributed by atoms with van der Waals surface area (Å²) in [7, 11) is 0. The van der Waals surface area contributed by atoms with Gasteiger partial charge in [0.05, 0.1) is 12.4 Å². The fraction of sp³-hybridized carbons (Fsp3) is 0.667. The molecular weight excluding hydrogens is 252 g/mol. The maximum atomic E-state index is 12.2. The molecule has 0 unspecified atom stereocenters. The molecule has 0 radical (unpaired) electrons. The van der Waals surface area contributed by atoms with Gasteiger partial charge in [0, 0.05) is 13.1 Å². The summed E-state index contributed by atoms with van der Waals surface area (Å²) in [5.74, 6) is 0.517. The van der Waals surface area contributed by atoms with Crippen molar-refractivity contribution in [3.8, 4) is 0 Å². The topological polar surface area (TPSA) is 66.9 Å². The molecule has 1 aromatic rings. The second-order valence-corrected chi connectivity index (χ2v) is 5.56. The molecular formula is C15H24N4O. The second kappa shape index (κ2) is 6.68. The molecule has 0 bridgehead atoms. The Morgan fingerprint density at radius 1 is 1.30 bits per heavy atom. The summed E-state index contributed by atoms with van der Waals surface area (Å²) in [5.41, 5.74) is 0.676. The van der Waals surface area contributed by atoms with E-state index in [-0.39, 0.29) is 5.91 Å². The van der Waals surface area contributed by atoms with Crippen LogP contribution in [0.4, 0.5) is 5.82 Å². The zero-order chi connectivity index (χ0) is 14.4. The normalized spacial score (nSPS) is 16.9. The number of amides is 1. The van der Waals surface area contributed by atoms with Gasteiger partial charge in [-0.2, -0.15) is 0 Å². The summed E-state index contributed by atoms with van der Waals surface area (Å²) < 4.78 is 0. The molecule has 20 heavy (non-hydrogen) atoms. The van der Waals surface area contributed by atoms with Gasteiger partial charge in [0.1, 0.15) is 11.5 Å². The molecule has 1 aliphatic carbocycles. The van der Waals surface area contributed by atoms with Crippen LogP contribution in [0.15, 0.2) is 12.4 Å². The minimum atomic E-state index is -0.128. The van der Waals surface area contributed by atoms with E-state index in [0.717, 1.165) is 19.5 Å². The predicted molar refractivity (Wildman–Crippen MR) is 79.7 cm³/mol. The van der Waals surface area contributed by atoms with Gasteiger partial charge in [-0.3, -0.25) is 9.78 Å². The highest BCUT2D eigenvalue weighted by Crippen LogP contribution is 2.40. The third kappa shape index (κ3) is 3.46. The predicted octanol–water partition coefficient (Wildman–Crippen LogP) is 2.61. The first-order valence-corrected chi connectivity index (χ1v) is 7.53. The number of anilines is 1. The lowest BCUT2D eigenvalue weighted by Gasteiger charge is -2.27. The Morgan fingerprint density at radius 3 is 2.70 bits per heavy atom. The van der Waals surface area contributed by atoms with Crippen LogP contribution in [0.1, 0.15) is 56.4 Å². The zero-order valence-corrected chi connectivity index (χ0v) is 12.4. The van der Waals surface area contributed by atoms with Gasteiger partial charge >= 0.3 is 0 Å². The number of hydrogen-bond acceptors (Lipinski definition) is 4. The first-order valence-electron chi connectivity index (χ1n) is 7.53. The number of carbonyl (C=O) groups excluding carboxylic acids is 1. The van der Waals surface area contributed by atoms with Crippen molar-refractivity contribution in [3.63, 3.8) is 0 Å². The van der Waals surface area contributed by atoms with Crippen molar-refractivity contribution in [2.45, 2.75) is 46.0 Å². The number of carbonyl (C=O) groups is 1. The van der Waals surface area contributed by atoms with Crippen LogP contribution in [0.3, 0.4) is 0 Å². The highest BCUT2D eigenvalue weighted by Gasteiger charge is 2.32. The molecule has 2 N–H and O–H groups in total. The van der Waals surface area contributed by atoms with Crippen LogP contribution in [-0.4, -0.2) is 29.0 Å². The summed E-state index contributed by atoms with van der Waals surface area (Å²) in [6, 6.07) is 0. The molecule has 2 rings (SSSR count). The molecule has 110 valence electrons. The first-order chi connectivity index (χ1) is 9.69. The Kier molecular flexibility index (Phi) is 4.93. The van der Waals surface area contributed by atoms with Gasteiger partial charge in [-0.25, -0.2) is 4.98 Å². The van der Waals surface area contributed by atoms with E-state index < -0.39 is 0 Å². The lowest BCUT2D eigenvalue weighted by molar-refractivity contribution is 0.0923. The average molecular weight is 276 g/mol. The Hall–Kier alpha value is -1.65. The van der Waals surface area contributed by atoms with Crippen LogP contribution in [0.2, 0.25) is 0 Å². The third-order valence-electron chi connectivity index (χ3n) is 4.26. The lowest BCUT2D eigenvalue weighted by Crippen LogP contribution is -2.36. The van der Waals surface area contributed by atoms with E-state index in [0.29, 0.717) is 16.9 Å². The summed E-state index contributed by atoms with van der Waals surface area (Å²) in [5, 5.41) is 6.10. The Labute approximate surface area is 120 Å². The Bertz CT molecular complexity index is 455. The van der Waals surface area contributed by atoms with Gasteiger partial charge in [0.15, 0.2) is 0 Å². The first kappa shape index (κ1) is 14.8. The van der Waals surface area contributed by atoms with Gasteiger partial charge < -0.3 is 10.6 Å². The zero-order valence-electron chi connectivity index (χ0n) is 12.4. The van der Waals surface area contributed by atoms with E-state index in [1.807, 2.05) is 6.92 Å². The van der Waals surface area contributed by atoms with Crippen LogP contribution in [0.25, 0.3) is 0 Å². The molecule has 0 aliphatic heterocycles. The molecule has 0 spiro atoms. The van der Waals surface area contributed by atoms with Crippen LogP contribution < -0.4 is 10.6 Å².